The minimum absolute atomic E-state index is 0.0176. The molecule has 0 bridgehead atoms. The van der Waals surface area contributed by atoms with Gasteiger partial charge in [0.15, 0.2) is 0 Å². The molecule has 0 amide bonds. The third kappa shape index (κ3) is 3.20. The van der Waals surface area contributed by atoms with Gasteiger partial charge in [-0.15, -0.1) is 0 Å². The fourth-order valence-electron chi connectivity index (χ4n) is 1.65. The lowest BCUT2D eigenvalue weighted by Gasteiger charge is -2.33. The second-order valence-electron chi connectivity index (χ2n) is 3.77. The third-order valence-corrected chi connectivity index (χ3v) is 3.06. The molecule has 0 saturated heterocycles. The Bertz CT molecular complexity index is 430. The minimum Gasteiger partial charge on any atom is -0.497 e. The summed E-state index contributed by atoms with van der Waals surface area (Å²) in [7, 11) is 1.63. The van der Waals surface area contributed by atoms with Crippen LogP contribution in [0.3, 0.4) is 0 Å². The van der Waals surface area contributed by atoms with Crippen molar-refractivity contribution in [2.45, 2.75) is 16.4 Å². The minimum atomic E-state index is -1.61. The van der Waals surface area contributed by atoms with Crippen LogP contribution in [0.4, 0.5) is 0 Å². The second-order valence-corrected chi connectivity index (χ2v) is 5.99. The molecule has 0 radical (unpaired) electrons. The summed E-state index contributed by atoms with van der Waals surface area (Å²) in [5.41, 5.74) is 4.12. The van der Waals surface area contributed by atoms with Crippen molar-refractivity contribution in [3.8, 4) is 5.75 Å². The van der Waals surface area contributed by atoms with Gasteiger partial charge in [0, 0.05) is 12.6 Å². The van der Waals surface area contributed by atoms with E-state index in [4.69, 9.17) is 39.5 Å². The van der Waals surface area contributed by atoms with Crippen LogP contribution in [0, 0.1) is 0 Å². The quantitative estimate of drug-likeness (QED) is 0.673. The molecule has 98 valence electrons. The zero-order valence-electron chi connectivity index (χ0n) is 9.61. The van der Waals surface area contributed by atoms with Gasteiger partial charge in [0.1, 0.15) is 5.75 Å². The summed E-state index contributed by atoms with van der Waals surface area (Å²) in [6.45, 7) is 0. The molecule has 1 aliphatic rings. The Hall–Kier alpha value is -0.680. The largest absolute Gasteiger partial charge is 0.497 e. The van der Waals surface area contributed by atoms with Gasteiger partial charge in [-0.3, -0.25) is 0 Å². The van der Waals surface area contributed by atoms with E-state index < -0.39 is 3.92 Å². The van der Waals surface area contributed by atoms with E-state index in [-0.39, 0.29) is 6.04 Å². The maximum Gasteiger partial charge on any atom is 0.296 e. The van der Waals surface area contributed by atoms with E-state index in [0.717, 1.165) is 17.7 Å². The van der Waals surface area contributed by atoms with E-state index in [1.54, 1.807) is 13.3 Å². The van der Waals surface area contributed by atoms with E-state index in [1.165, 1.54) is 5.12 Å². The summed E-state index contributed by atoms with van der Waals surface area (Å²) in [4.78, 5) is 0. The summed E-state index contributed by atoms with van der Waals surface area (Å²) in [5, 5.41) is 5.21. The van der Waals surface area contributed by atoms with E-state index in [2.05, 4.69) is 10.5 Å². The monoisotopic (exact) mass is 307 g/mol. The smallest absolute Gasteiger partial charge is 0.296 e. The van der Waals surface area contributed by atoms with Gasteiger partial charge in [0.2, 0.25) is 0 Å². The number of halogens is 3. The van der Waals surface area contributed by atoms with Gasteiger partial charge in [-0.2, -0.15) is 10.2 Å². The number of nitrogens with one attached hydrogen (secondary N) is 1. The number of hydrogen-bond donors (Lipinski definition) is 1. The molecule has 0 fully saturated rings. The Kier molecular flexibility index (Phi) is 4.22. The van der Waals surface area contributed by atoms with Gasteiger partial charge in [-0.25, -0.2) is 5.43 Å². The Labute approximate surface area is 120 Å². The Morgan fingerprint density at radius 2 is 2.00 bits per heavy atom. The highest BCUT2D eigenvalue weighted by atomic mass is 35.6. The molecular formula is C11H12Cl3N3O. The molecule has 1 unspecified atom stereocenters. The first-order valence-corrected chi connectivity index (χ1v) is 6.43. The molecule has 4 nitrogen and oxygen atoms in total. The number of benzene rings is 1. The van der Waals surface area contributed by atoms with Gasteiger partial charge in [0.25, 0.3) is 3.92 Å². The number of methoxy groups -OCH3 is 1. The van der Waals surface area contributed by atoms with Crippen molar-refractivity contribution >= 4 is 41.0 Å². The lowest BCUT2D eigenvalue weighted by molar-refractivity contribution is 0.151. The van der Waals surface area contributed by atoms with Crippen LogP contribution >= 0.6 is 34.8 Å². The zero-order valence-corrected chi connectivity index (χ0v) is 11.9. The number of hydrazine groups is 1. The lowest BCUT2D eigenvalue weighted by atomic mass is 10.0. The third-order valence-electron chi connectivity index (χ3n) is 2.57. The molecular weight excluding hydrogens is 297 g/mol. The van der Waals surface area contributed by atoms with Crippen molar-refractivity contribution in [2.75, 3.05) is 7.11 Å². The molecule has 0 aliphatic carbocycles. The maximum absolute atomic E-state index is 5.77. The average Bonchev–Trinajstić information content (AvgIpc) is 2.38. The Morgan fingerprint density at radius 1 is 1.33 bits per heavy atom. The molecule has 0 aromatic heterocycles. The molecule has 1 aromatic rings. The normalized spacial score (nSPS) is 20.0. The van der Waals surface area contributed by atoms with Crippen LogP contribution in [0.2, 0.25) is 0 Å². The van der Waals surface area contributed by atoms with Crippen molar-refractivity contribution in [1.82, 2.24) is 10.5 Å². The van der Waals surface area contributed by atoms with Crippen molar-refractivity contribution in [2.24, 2.45) is 5.10 Å². The standard InChI is InChI=1S/C11H12Cl3N3O/c1-18-9-4-2-8(3-5-9)10-6-7-15-17(16-10)11(12,13)14/h2-5,7,10,16H,6H2,1H3. The van der Waals surface area contributed by atoms with Crippen molar-refractivity contribution in [3.63, 3.8) is 0 Å². The van der Waals surface area contributed by atoms with Gasteiger partial charge in [-0.05, 0) is 17.7 Å². The topological polar surface area (TPSA) is 36.9 Å². The summed E-state index contributed by atoms with van der Waals surface area (Å²) in [5.74, 6) is 0.807. The number of hydrogen-bond acceptors (Lipinski definition) is 4. The number of rotatable bonds is 2. The van der Waals surface area contributed by atoms with Crippen LogP contribution in [0.15, 0.2) is 29.4 Å². The first-order chi connectivity index (χ1) is 8.50. The van der Waals surface area contributed by atoms with Crippen molar-refractivity contribution in [3.05, 3.63) is 29.8 Å². The molecule has 1 aromatic carbocycles. The summed E-state index contributed by atoms with van der Waals surface area (Å²) in [6.07, 6.45) is 2.44. The highest BCUT2D eigenvalue weighted by Crippen LogP contribution is 2.33. The van der Waals surface area contributed by atoms with E-state index in [1.807, 2.05) is 24.3 Å². The van der Waals surface area contributed by atoms with E-state index >= 15 is 0 Å². The van der Waals surface area contributed by atoms with Crippen LogP contribution in [0.5, 0.6) is 5.75 Å². The fraction of sp³-hybridized carbons (Fsp3) is 0.364. The van der Waals surface area contributed by atoms with Gasteiger partial charge >= 0.3 is 0 Å². The Balaban J connectivity index is 2.12. The van der Waals surface area contributed by atoms with Crippen LogP contribution in [-0.2, 0) is 0 Å². The first kappa shape index (κ1) is 13.7. The molecule has 1 aliphatic heterocycles. The predicted octanol–water partition coefficient (Wildman–Crippen LogP) is 3.26. The van der Waals surface area contributed by atoms with Crippen LogP contribution in [0.1, 0.15) is 18.0 Å². The number of alkyl halides is 3. The van der Waals surface area contributed by atoms with Gasteiger partial charge < -0.3 is 4.74 Å². The molecule has 1 N–H and O–H groups in total. The fourth-order valence-corrected chi connectivity index (χ4v) is 1.93. The highest BCUT2D eigenvalue weighted by Gasteiger charge is 2.32. The SMILES string of the molecule is COc1ccc(C2CC=NN(C(Cl)(Cl)Cl)N2)cc1. The number of nitrogens with zero attached hydrogens (tertiary/aromatic N) is 2. The lowest BCUT2D eigenvalue weighted by Crippen LogP contribution is -2.46. The number of ether oxygens (including phenoxy) is 1. The van der Waals surface area contributed by atoms with Crippen molar-refractivity contribution < 1.29 is 4.74 Å². The molecule has 18 heavy (non-hydrogen) atoms. The zero-order chi connectivity index (χ0) is 13.2. The molecule has 1 heterocycles. The highest BCUT2D eigenvalue weighted by molar-refractivity contribution is 6.67. The average molecular weight is 309 g/mol. The summed E-state index contributed by atoms with van der Waals surface area (Å²) < 4.78 is 3.50. The van der Waals surface area contributed by atoms with Gasteiger partial charge in [-0.1, -0.05) is 46.9 Å². The molecule has 2 rings (SSSR count). The van der Waals surface area contributed by atoms with Crippen molar-refractivity contribution in [1.29, 1.82) is 0 Å². The first-order valence-electron chi connectivity index (χ1n) is 5.30. The molecule has 0 spiro atoms. The summed E-state index contributed by atoms with van der Waals surface area (Å²) in [6, 6.07) is 7.73. The summed E-state index contributed by atoms with van der Waals surface area (Å²) >= 11 is 17.3. The number of hydrazone groups is 1. The maximum atomic E-state index is 5.77. The Morgan fingerprint density at radius 3 is 2.56 bits per heavy atom. The predicted molar refractivity (Wildman–Crippen MR) is 74.1 cm³/mol. The van der Waals surface area contributed by atoms with Gasteiger partial charge in [0.05, 0.1) is 13.2 Å². The second kappa shape index (κ2) is 5.53. The molecule has 0 saturated carbocycles. The van der Waals surface area contributed by atoms with Crippen LogP contribution in [0.25, 0.3) is 0 Å². The molecule has 7 heteroatoms. The van der Waals surface area contributed by atoms with E-state index in [9.17, 15) is 0 Å². The van der Waals surface area contributed by atoms with Crippen LogP contribution in [-0.4, -0.2) is 22.4 Å². The molecule has 1 atom stereocenters. The van der Waals surface area contributed by atoms with Crippen LogP contribution < -0.4 is 10.2 Å². The van der Waals surface area contributed by atoms with E-state index in [0.29, 0.717) is 0 Å².